The Bertz CT molecular complexity index is 704. The van der Waals surface area contributed by atoms with Gasteiger partial charge < -0.3 is 14.7 Å². The topological polar surface area (TPSA) is 45.6 Å². The summed E-state index contributed by atoms with van der Waals surface area (Å²) in [6.07, 6.45) is -3.67. The number of nitrogens with zero attached hydrogens (tertiary/aromatic N) is 2. The van der Waals surface area contributed by atoms with Crippen LogP contribution in [0.25, 0.3) is 0 Å². The van der Waals surface area contributed by atoms with Crippen LogP contribution in [0.2, 0.25) is 0 Å². The van der Waals surface area contributed by atoms with Gasteiger partial charge in [-0.3, -0.25) is 0 Å². The molecule has 7 heteroatoms. The first kappa shape index (κ1) is 16.6. The first-order valence-electron chi connectivity index (χ1n) is 7.50. The first-order valence-corrected chi connectivity index (χ1v) is 7.50. The summed E-state index contributed by atoms with van der Waals surface area (Å²) in [7, 11) is 1.57. The van der Waals surface area contributed by atoms with Gasteiger partial charge in [-0.1, -0.05) is 12.1 Å². The van der Waals surface area contributed by atoms with Crippen molar-refractivity contribution in [3.8, 4) is 5.75 Å². The van der Waals surface area contributed by atoms with Crippen molar-refractivity contribution >= 4 is 5.82 Å². The lowest BCUT2D eigenvalue weighted by atomic mass is 10.0. The molecule has 1 saturated heterocycles. The molecule has 0 aliphatic carbocycles. The maximum absolute atomic E-state index is 12.7. The molecule has 2 atom stereocenters. The molecule has 0 spiro atoms. The number of hydrogen-bond donors (Lipinski definition) is 1. The van der Waals surface area contributed by atoms with Gasteiger partial charge in [-0.25, -0.2) is 4.98 Å². The van der Waals surface area contributed by atoms with Gasteiger partial charge in [0.25, 0.3) is 0 Å². The quantitative estimate of drug-likeness (QED) is 0.931. The minimum absolute atomic E-state index is 0.167. The van der Waals surface area contributed by atoms with E-state index in [1.165, 1.54) is 6.07 Å². The van der Waals surface area contributed by atoms with Crippen molar-refractivity contribution in [3.05, 3.63) is 53.7 Å². The maximum Gasteiger partial charge on any atom is 0.417 e. The zero-order chi connectivity index (χ0) is 17.3. The highest BCUT2D eigenvalue weighted by Gasteiger charge is 2.35. The van der Waals surface area contributed by atoms with E-state index in [0.29, 0.717) is 24.5 Å². The van der Waals surface area contributed by atoms with Crippen LogP contribution in [-0.4, -0.2) is 29.8 Å². The third-order valence-electron chi connectivity index (χ3n) is 4.13. The van der Waals surface area contributed by atoms with Crippen molar-refractivity contribution in [2.24, 2.45) is 0 Å². The lowest BCUT2D eigenvalue weighted by Crippen LogP contribution is -2.25. The Morgan fingerprint density at radius 2 is 2.04 bits per heavy atom. The fraction of sp³-hybridized carbons (Fsp3) is 0.353. The fourth-order valence-corrected chi connectivity index (χ4v) is 2.96. The Kier molecular flexibility index (Phi) is 4.36. The first-order chi connectivity index (χ1) is 11.4. The summed E-state index contributed by atoms with van der Waals surface area (Å²) in [5.41, 5.74) is 0.136. The number of benzene rings is 1. The molecule has 24 heavy (non-hydrogen) atoms. The zero-order valence-corrected chi connectivity index (χ0v) is 13.0. The molecule has 1 aromatic carbocycles. The van der Waals surface area contributed by atoms with Crippen LogP contribution in [0, 0.1) is 0 Å². The van der Waals surface area contributed by atoms with E-state index in [2.05, 4.69) is 4.98 Å². The van der Waals surface area contributed by atoms with E-state index in [0.717, 1.165) is 17.8 Å². The van der Waals surface area contributed by atoms with Gasteiger partial charge in [0.15, 0.2) is 0 Å². The summed E-state index contributed by atoms with van der Waals surface area (Å²) in [4.78, 5) is 5.76. The fourth-order valence-electron chi connectivity index (χ4n) is 2.96. The molecular formula is C17H17F3N2O2. The van der Waals surface area contributed by atoms with Gasteiger partial charge in [-0.2, -0.15) is 13.2 Å². The Labute approximate surface area is 137 Å². The van der Waals surface area contributed by atoms with Crippen molar-refractivity contribution in [2.75, 3.05) is 18.6 Å². The van der Waals surface area contributed by atoms with Gasteiger partial charge in [0, 0.05) is 12.7 Å². The van der Waals surface area contributed by atoms with E-state index in [1.54, 1.807) is 7.11 Å². The minimum Gasteiger partial charge on any atom is -0.497 e. The Morgan fingerprint density at radius 1 is 1.25 bits per heavy atom. The summed E-state index contributed by atoms with van der Waals surface area (Å²) in [5, 5.41) is 10.0. The number of hydrogen-bond acceptors (Lipinski definition) is 4. The second-order valence-corrected chi connectivity index (χ2v) is 5.74. The van der Waals surface area contributed by atoms with Gasteiger partial charge in [-0.15, -0.1) is 0 Å². The van der Waals surface area contributed by atoms with Gasteiger partial charge in [0.2, 0.25) is 0 Å². The average Bonchev–Trinajstić information content (AvgIpc) is 2.96. The molecule has 1 N–H and O–H groups in total. The van der Waals surface area contributed by atoms with Crippen LogP contribution < -0.4 is 9.64 Å². The van der Waals surface area contributed by atoms with Gasteiger partial charge in [0.1, 0.15) is 11.6 Å². The lowest BCUT2D eigenvalue weighted by Gasteiger charge is -2.26. The molecule has 2 heterocycles. The lowest BCUT2D eigenvalue weighted by molar-refractivity contribution is -0.137. The molecule has 1 aromatic heterocycles. The molecule has 4 nitrogen and oxygen atoms in total. The number of anilines is 1. The Morgan fingerprint density at radius 3 is 2.67 bits per heavy atom. The van der Waals surface area contributed by atoms with Crippen LogP contribution in [0.1, 0.15) is 23.6 Å². The molecule has 1 fully saturated rings. The van der Waals surface area contributed by atoms with E-state index < -0.39 is 17.8 Å². The molecule has 2 unspecified atom stereocenters. The Balaban J connectivity index is 1.90. The normalized spacial score (nSPS) is 21.1. The van der Waals surface area contributed by atoms with Crippen LogP contribution in [0.3, 0.4) is 0 Å². The van der Waals surface area contributed by atoms with Gasteiger partial charge in [0.05, 0.1) is 24.8 Å². The molecule has 0 amide bonds. The number of aromatic nitrogens is 1. The number of ether oxygens (including phenoxy) is 1. The molecular weight excluding hydrogens is 321 g/mol. The standard InChI is InChI=1S/C17H17F3N2O2/c1-24-14-4-2-3-11(7-14)15-8-13(23)10-22(15)16-6-5-12(9-21-16)17(18,19)20/h2-7,9,13,15,23H,8,10H2,1H3. The van der Waals surface area contributed by atoms with Crippen LogP contribution in [0.5, 0.6) is 5.75 Å². The van der Waals surface area contributed by atoms with Crippen molar-refractivity contribution < 1.29 is 23.0 Å². The van der Waals surface area contributed by atoms with E-state index >= 15 is 0 Å². The van der Waals surface area contributed by atoms with E-state index in [4.69, 9.17) is 4.74 Å². The summed E-state index contributed by atoms with van der Waals surface area (Å²) in [6, 6.07) is 9.61. The minimum atomic E-state index is -4.41. The predicted octanol–water partition coefficient (Wildman–Crippen LogP) is 3.42. The number of pyridine rings is 1. The van der Waals surface area contributed by atoms with Crippen molar-refractivity contribution in [1.82, 2.24) is 4.98 Å². The number of aliphatic hydroxyl groups is 1. The second kappa shape index (κ2) is 6.32. The molecule has 0 saturated carbocycles. The van der Waals surface area contributed by atoms with Crippen molar-refractivity contribution in [2.45, 2.75) is 24.7 Å². The van der Waals surface area contributed by atoms with Gasteiger partial charge in [-0.05, 0) is 36.2 Å². The number of alkyl halides is 3. The largest absolute Gasteiger partial charge is 0.497 e. The average molecular weight is 338 g/mol. The van der Waals surface area contributed by atoms with Crippen LogP contribution in [-0.2, 0) is 6.18 Å². The third kappa shape index (κ3) is 3.31. The third-order valence-corrected chi connectivity index (χ3v) is 4.13. The molecule has 0 bridgehead atoms. The highest BCUT2D eigenvalue weighted by Crippen LogP contribution is 2.37. The van der Waals surface area contributed by atoms with Crippen molar-refractivity contribution in [1.29, 1.82) is 0 Å². The summed E-state index contributed by atoms with van der Waals surface area (Å²) >= 11 is 0. The monoisotopic (exact) mass is 338 g/mol. The van der Waals surface area contributed by atoms with E-state index in [9.17, 15) is 18.3 Å². The summed E-state index contributed by atoms with van der Waals surface area (Å²) in [5.74, 6) is 1.10. The zero-order valence-electron chi connectivity index (χ0n) is 13.0. The highest BCUT2D eigenvalue weighted by atomic mass is 19.4. The number of aliphatic hydroxyl groups excluding tert-OH is 1. The number of halogens is 3. The molecule has 128 valence electrons. The molecule has 1 aliphatic heterocycles. The number of methoxy groups -OCH3 is 1. The smallest absolute Gasteiger partial charge is 0.417 e. The van der Waals surface area contributed by atoms with Crippen LogP contribution in [0.15, 0.2) is 42.6 Å². The van der Waals surface area contributed by atoms with E-state index in [1.807, 2.05) is 29.2 Å². The predicted molar refractivity (Wildman–Crippen MR) is 82.9 cm³/mol. The SMILES string of the molecule is COc1cccc(C2CC(O)CN2c2ccc(C(F)(F)F)cn2)c1. The second-order valence-electron chi connectivity index (χ2n) is 5.74. The van der Waals surface area contributed by atoms with Crippen molar-refractivity contribution in [3.63, 3.8) is 0 Å². The molecule has 1 aliphatic rings. The summed E-state index contributed by atoms with van der Waals surface area (Å²) < 4.78 is 43.2. The summed E-state index contributed by atoms with van der Waals surface area (Å²) in [6.45, 7) is 0.320. The van der Waals surface area contributed by atoms with E-state index in [-0.39, 0.29) is 6.04 Å². The van der Waals surface area contributed by atoms with Crippen LogP contribution >= 0.6 is 0 Å². The van der Waals surface area contributed by atoms with Gasteiger partial charge >= 0.3 is 6.18 Å². The number of β-amino-alcohol motifs (C(OH)–C–C–N with tert-alkyl or cyclic N) is 1. The Hall–Kier alpha value is -2.28. The maximum atomic E-state index is 12.7. The van der Waals surface area contributed by atoms with Crippen LogP contribution in [0.4, 0.5) is 19.0 Å². The molecule has 2 aromatic rings. The number of rotatable bonds is 3. The highest BCUT2D eigenvalue weighted by molar-refractivity contribution is 5.46. The molecule has 0 radical (unpaired) electrons. The molecule has 3 rings (SSSR count).